The molecular weight excluding hydrogens is 306 g/mol. The number of nitrogens with one attached hydrogen (secondary N) is 1. The summed E-state index contributed by atoms with van der Waals surface area (Å²) < 4.78 is 8.86. The maximum absolute atomic E-state index is 12.1. The average molecular weight is 320 g/mol. The highest BCUT2D eigenvalue weighted by Gasteiger charge is 2.13. The standard InChI is InChI=1S/C14H14ClN5O2/c1-19-12(11(15)7-18-19)8-16-14(21)13-4-3-10(22-13)9-20-6-2-5-17-20/h2-7H,8-9H2,1H3,(H,16,21). The summed E-state index contributed by atoms with van der Waals surface area (Å²) in [6.45, 7) is 0.761. The largest absolute Gasteiger partial charge is 0.454 e. The van der Waals surface area contributed by atoms with Gasteiger partial charge in [0.15, 0.2) is 5.76 Å². The third-order valence-electron chi connectivity index (χ3n) is 3.19. The van der Waals surface area contributed by atoms with Crippen molar-refractivity contribution in [2.24, 2.45) is 7.05 Å². The molecule has 3 heterocycles. The molecule has 0 spiro atoms. The minimum absolute atomic E-state index is 0.250. The maximum Gasteiger partial charge on any atom is 0.287 e. The number of amides is 1. The van der Waals surface area contributed by atoms with Gasteiger partial charge in [-0.05, 0) is 18.2 Å². The Labute approximate surface area is 131 Å². The van der Waals surface area contributed by atoms with E-state index in [0.717, 1.165) is 5.69 Å². The van der Waals surface area contributed by atoms with E-state index >= 15 is 0 Å². The predicted molar refractivity (Wildman–Crippen MR) is 79.4 cm³/mol. The summed E-state index contributed by atoms with van der Waals surface area (Å²) in [5.74, 6) is 0.608. The van der Waals surface area contributed by atoms with Crippen molar-refractivity contribution in [2.45, 2.75) is 13.1 Å². The lowest BCUT2D eigenvalue weighted by Crippen LogP contribution is -2.23. The fourth-order valence-electron chi connectivity index (χ4n) is 2.02. The first-order valence-corrected chi connectivity index (χ1v) is 7.02. The quantitative estimate of drug-likeness (QED) is 0.778. The highest BCUT2D eigenvalue weighted by atomic mass is 35.5. The summed E-state index contributed by atoms with van der Waals surface area (Å²) in [5, 5.41) is 11.4. The second-order valence-corrected chi connectivity index (χ2v) is 5.12. The first-order valence-electron chi connectivity index (χ1n) is 6.64. The van der Waals surface area contributed by atoms with Crippen molar-refractivity contribution in [2.75, 3.05) is 0 Å². The zero-order chi connectivity index (χ0) is 15.5. The number of nitrogens with zero attached hydrogens (tertiary/aromatic N) is 4. The van der Waals surface area contributed by atoms with Gasteiger partial charge < -0.3 is 9.73 Å². The summed E-state index contributed by atoms with van der Waals surface area (Å²) in [6.07, 6.45) is 5.05. The Kier molecular flexibility index (Phi) is 3.97. The second-order valence-electron chi connectivity index (χ2n) is 4.72. The first kappa shape index (κ1) is 14.4. The molecular formula is C14H14ClN5O2. The molecule has 0 saturated carbocycles. The zero-order valence-corrected chi connectivity index (χ0v) is 12.6. The Hall–Kier alpha value is -2.54. The molecule has 0 fully saturated rings. The fraction of sp³-hybridized carbons (Fsp3) is 0.214. The molecule has 0 aliphatic carbocycles. The van der Waals surface area contributed by atoms with Crippen LogP contribution < -0.4 is 5.32 Å². The first-order chi connectivity index (χ1) is 10.6. The number of aromatic nitrogens is 4. The molecule has 0 bridgehead atoms. The number of hydrogen-bond acceptors (Lipinski definition) is 4. The van der Waals surface area contributed by atoms with Crippen molar-refractivity contribution in [1.29, 1.82) is 0 Å². The van der Waals surface area contributed by atoms with Gasteiger partial charge in [-0.3, -0.25) is 14.2 Å². The molecule has 8 heteroatoms. The third-order valence-corrected chi connectivity index (χ3v) is 3.51. The number of halogens is 1. The highest BCUT2D eigenvalue weighted by Crippen LogP contribution is 2.14. The van der Waals surface area contributed by atoms with E-state index in [4.69, 9.17) is 16.0 Å². The maximum atomic E-state index is 12.1. The van der Waals surface area contributed by atoms with Crippen LogP contribution in [-0.4, -0.2) is 25.5 Å². The summed E-state index contributed by atoms with van der Waals surface area (Å²) in [6, 6.07) is 5.22. The molecule has 0 atom stereocenters. The van der Waals surface area contributed by atoms with Crippen LogP contribution in [0, 0.1) is 0 Å². The molecule has 1 amide bonds. The van der Waals surface area contributed by atoms with Crippen LogP contribution >= 0.6 is 11.6 Å². The Morgan fingerprint density at radius 3 is 2.95 bits per heavy atom. The molecule has 3 aromatic heterocycles. The van der Waals surface area contributed by atoms with E-state index in [9.17, 15) is 4.79 Å². The van der Waals surface area contributed by atoms with Crippen LogP contribution in [0.15, 0.2) is 41.2 Å². The van der Waals surface area contributed by atoms with Crippen LogP contribution in [0.1, 0.15) is 22.0 Å². The molecule has 114 valence electrons. The van der Waals surface area contributed by atoms with Crippen molar-refractivity contribution in [3.63, 3.8) is 0 Å². The lowest BCUT2D eigenvalue weighted by atomic mass is 10.3. The lowest BCUT2D eigenvalue weighted by Gasteiger charge is -2.04. The van der Waals surface area contributed by atoms with Gasteiger partial charge in [0.1, 0.15) is 5.76 Å². The number of aryl methyl sites for hydroxylation is 1. The zero-order valence-electron chi connectivity index (χ0n) is 11.9. The van der Waals surface area contributed by atoms with Gasteiger partial charge in [0.05, 0.1) is 30.0 Å². The highest BCUT2D eigenvalue weighted by molar-refractivity contribution is 6.31. The molecule has 0 saturated heterocycles. The van der Waals surface area contributed by atoms with Crippen LogP contribution in [0.5, 0.6) is 0 Å². The molecule has 7 nitrogen and oxygen atoms in total. The van der Waals surface area contributed by atoms with Gasteiger partial charge in [-0.25, -0.2) is 0 Å². The fourth-order valence-corrected chi connectivity index (χ4v) is 2.26. The van der Waals surface area contributed by atoms with Crippen LogP contribution in [0.25, 0.3) is 0 Å². The van der Waals surface area contributed by atoms with Gasteiger partial charge >= 0.3 is 0 Å². The van der Waals surface area contributed by atoms with Gasteiger partial charge in [0, 0.05) is 19.4 Å². The Bertz CT molecular complexity index is 756. The van der Waals surface area contributed by atoms with E-state index in [-0.39, 0.29) is 18.2 Å². The average Bonchev–Trinajstić information content (AvgIpc) is 3.22. The van der Waals surface area contributed by atoms with E-state index in [1.807, 2.05) is 12.3 Å². The van der Waals surface area contributed by atoms with Gasteiger partial charge in [0.2, 0.25) is 0 Å². The third kappa shape index (κ3) is 3.04. The van der Waals surface area contributed by atoms with Crippen LogP contribution in [0.2, 0.25) is 5.02 Å². The number of carbonyl (C=O) groups excluding carboxylic acids is 1. The molecule has 0 aliphatic heterocycles. The molecule has 0 unspecified atom stereocenters. The number of carbonyl (C=O) groups is 1. The van der Waals surface area contributed by atoms with Crippen molar-refractivity contribution >= 4 is 17.5 Å². The SMILES string of the molecule is Cn1ncc(Cl)c1CNC(=O)c1ccc(Cn2cccn2)o1. The van der Waals surface area contributed by atoms with Gasteiger partial charge in [-0.1, -0.05) is 11.6 Å². The Morgan fingerprint density at radius 2 is 2.27 bits per heavy atom. The normalized spacial score (nSPS) is 10.8. The molecule has 22 heavy (non-hydrogen) atoms. The van der Waals surface area contributed by atoms with E-state index in [1.54, 1.807) is 34.7 Å². The Morgan fingerprint density at radius 1 is 1.41 bits per heavy atom. The molecule has 3 aromatic rings. The summed E-state index contributed by atoms with van der Waals surface area (Å²) in [4.78, 5) is 12.1. The molecule has 0 radical (unpaired) electrons. The Balaban J connectivity index is 1.62. The molecule has 3 rings (SSSR count). The van der Waals surface area contributed by atoms with Crippen LogP contribution in [0.3, 0.4) is 0 Å². The monoisotopic (exact) mass is 319 g/mol. The number of furan rings is 1. The summed E-state index contributed by atoms with van der Waals surface area (Å²) in [5.41, 5.74) is 0.735. The molecule has 0 aliphatic rings. The minimum atomic E-state index is -0.302. The summed E-state index contributed by atoms with van der Waals surface area (Å²) in [7, 11) is 1.77. The topological polar surface area (TPSA) is 77.9 Å². The van der Waals surface area contributed by atoms with E-state index in [2.05, 4.69) is 15.5 Å². The van der Waals surface area contributed by atoms with Gasteiger partial charge in [0.25, 0.3) is 5.91 Å². The number of rotatable bonds is 5. The van der Waals surface area contributed by atoms with Gasteiger partial charge in [-0.15, -0.1) is 0 Å². The smallest absolute Gasteiger partial charge is 0.287 e. The minimum Gasteiger partial charge on any atom is -0.454 e. The molecule has 1 N–H and O–H groups in total. The lowest BCUT2D eigenvalue weighted by molar-refractivity contribution is 0.0920. The predicted octanol–water partition coefficient (Wildman–Crippen LogP) is 1.84. The van der Waals surface area contributed by atoms with Crippen molar-refractivity contribution in [1.82, 2.24) is 24.9 Å². The van der Waals surface area contributed by atoms with E-state index in [0.29, 0.717) is 17.3 Å². The van der Waals surface area contributed by atoms with Crippen molar-refractivity contribution in [3.05, 3.63) is 59.0 Å². The second kappa shape index (κ2) is 6.07. The van der Waals surface area contributed by atoms with E-state index in [1.165, 1.54) is 6.20 Å². The summed E-state index contributed by atoms with van der Waals surface area (Å²) >= 11 is 5.99. The van der Waals surface area contributed by atoms with Gasteiger partial charge in [-0.2, -0.15) is 10.2 Å². The van der Waals surface area contributed by atoms with Crippen molar-refractivity contribution < 1.29 is 9.21 Å². The van der Waals surface area contributed by atoms with E-state index < -0.39 is 0 Å². The number of hydrogen-bond donors (Lipinski definition) is 1. The molecule has 0 aromatic carbocycles. The van der Waals surface area contributed by atoms with Crippen LogP contribution in [-0.2, 0) is 20.1 Å². The van der Waals surface area contributed by atoms with Crippen molar-refractivity contribution in [3.8, 4) is 0 Å². The van der Waals surface area contributed by atoms with Crippen LogP contribution in [0.4, 0.5) is 0 Å².